The monoisotopic (exact) mass is 331 g/mol. The predicted octanol–water partition coefficient (Wildman–Crippen LogP) is 2.38. The largest absolute Gasteiger partial charge is 0.265 e. The fraction of sp³-hybridized carbons (Fsp3) is 0.833. The summed E-state index contributed by atoms with van der Waals surface area (Å²) < 4.78 is 2.25. The van der Waals surface area contributed by atoms with Gasteiger partial charge in [0.25, 0.3) is 0 Å². The Kier molecular flexibility index (Phi) is 3.91. The highest BCUT2D eigenvalue weighted by atomic mass is 127. The first-order valence-corrected chi connectivity index (χ1v) is 5.60. The molecule has 0 aromatic rings. The Morgan fingerprint density at radius 1 is 1.73 bits per heavy atom. The number of hydrogen-bond acceptors (Lipinski definition) is 3. The normalized spacial score (nSPS) is 23.4. The Hall–Kier alpha value is 0.480. The first kappa shape index (κ1) is 9.57. The van der Waals surface area contributed by atoms with Crippen LogP contribution in [-0.2, 0) is 0 Å². The van der Waals surface area contributed by atoms with E-state index >= 15 is 0 Å². The number of rotatable bonds is 3. The highest BCUT2D eigenvalue weighted by molar-refractivity contribution is 14.1. The topological polar surface area (TPSA) is 18.8 Å². The van der Waals surface area contributed by atoms with E-state index in [9.17, 15) is 0 Å². The Balaban J connectivity index is 2.31. The van der Waals surface area contributed by atoms with Crippen LogP contribution >= 0.6 is 38.7 Å². The van der Waals surface area contributed by atoms with Gasteiger partial charge in [0.05, 0.1) is 16.1 Å². The van der Waals surface area contributed by atoms with Crippen molar-refractivity contribution >= 4 is 45.1 Å². The van der Waals surface area contributed by atoms with Crippen molar-refractivity contribution in [1.82, 2.24) is 8.93 Å². The number of hydrogen-bond donors (Lipinski definition) is 0. The van der Waals surface area contributed by atoms with Crippen molar-refractivity contribution < 1.29 is 0 Å². The molecule has 1 unspecified atom stereocenters. The summed E-state index contributed by atoms with van der Waals surface area (Å²) in [7, 11) is 0. The maximum atomic E-state index is 4.22. The minimum Gasteiger partial charge on any atom is -0.265 e. The van der Waals surface area contributed by atoms with Crippen molar-refractivity contribution in [3.63, 3.8) is 0 Å². The van der Waals surface area contributed by atoms with Crippen LogP contribution in [0.25, 0.3) is 0 Å². The number of unbranched alkanes of at least 4 members (excludes halogenated alkanes) is 1. The lowest BCUT2D eigenvalue weighted by atomic mass is 10.3. The fourth-order valence-corrected chi connectivity index (χ4v) is 1.70. The van der Waals surface area contributed by atoms with E-state index in [-0.39, 0.29) is 0 Å². The van der Waals surface area contributed by atoms with Gasteiger partial charge in [-0.1, -0.05) is 13.3 Å². The number of hydrazone groups is 1. The van der Waals surface area contributed by atoms with Gasteiger partial charge in [0.15, 0.2) is 4.17 Å². The van der Waals surface area contributed by atoms with Crippen molar-refractivity contribution in [1.29, 1.82) is 0 Å². The van der Waals surface area contributed by atoms with E-state index in [1.165, 1.54) is 12.8 Å². The maximum Gasteiger partial charge on any atom is 0.181 e. The third-order valence-corrected chi connectivity index (χ3v) is 4.08. The molecule has 0 radical (unpaired) electrons. The molecule has 0 saturated carbocycles. The second-order valence-electron chi connectivity index (χ2n) is 2.40. The summed E-state index contributed by atoms with van der Waals surface area (Å²) in [6, 6.07) is 0. The van der Waals surface area contributed by atoms with E-state index in [0.29, 0.717) is 4.17 Å². The molecule has 5 heteroatoms. The van der Waals surface area contributed by atoms with Crippen LogP contribution in [0.3, 0.4) is 0 Å². The predicted molar refractivity (Wildman–Crippen MR) is 58.7 cm³/mol. The molecule has 1 heterocycles. The Labute approximate surface area is 89.3 Å². The van der Waals surface area contributed by atoms with Gasteiger partial charge in [-0.05, 0) is 29.0 Å². The lowest BCUT2D eigenvalue weighted by molar-refractivity contribution is 0.264. The summed E-state index contributed by atoms with van der Waals surface area (Å²) in [5.41, 5.74) is 0. The molecule has 1 aliphatic heterocycles. The first-order valence-electron chi connectivity index (χ1n) is 3.64. The molecule has 0 bridgehead atoms. The zero-order valence-electron chi connectivity index (χ0n) is 6.37. The molecule has 0 saturated heterocycles. The molecular weight excluding hydrogens is 321 g/mol. The summed E-state index contributed by atoms with van der Waals surface area (Å²) in [6.07, 6.45) is 4.22. The standard InChI is InChI=1S/C6H11BrIN3/c1-2-3-4-11-6(8)10(7)5-9-11/h5-6H,2-4H2,1H3. The van der Waals surface area contributed by atoms with Crippen molar-refractivity contribution in [2.45, 2.75) is 23.9 Å². The SMILES string of the molecule is CCCCN1N=CN(Br)C1I. The molecule has 1 rings (SSSR count). The zero-order valence-corrected chi connectivity index (χ0v) is 10.1. The minimum absolute atomic E-state index is 0.333. The van der Waals surface area contributed by atoms with E-state index in [4.69, 9.17) is 0 Å². The average Bonchev–Trinajstić information content (AvgIpc) is 2.31. The van der Waals surface area contributed by atoms with Crippen LogP contribution in [-0.4, -0.2) is 26.0 Å². The van der Waals surface area contributed by atoms with Gasteiger partial charge < -0.3 is 0 Å². The molecule has 3 nitrogen and oxygen atoms in total. The second kappa shape index (κ2) is 4.49. The van der Waals surface area contributed by atoms with Gasteiger partial charge in [0.1, 0.15) is 6.34 Å². The van der Waals surface area contributed by atoms with Crippen LogP contribution in [0.15, 0.2) is 5.10 Å². The molecular formula is C6H11BrIN3. The van der Waals surface area contributed by atoms with Crippen LogP contribution in [0.5, 0.6) is 0 Å². The molecule has 0 fully saturated rings. The van der Waals surface area contributed by atoms with E-state index in [2.05, 4.69) is 55.8 Å². The third kappa shape index (κ3) is 2.47. The molecule has 1 aliphatic rings. The number of halogens is 2. The number of nitrogens with zero attached hydrogens (tertiary/aromatic N) is 3. The Bertz CT molecular complexity index is 153. The summed E-state index contributed by atoms with van der Waals surface area (Å²) >= 11 is 5.71. The van der Waals surface area contributed by atoms with Gasteiger partial charge >= 0.3 is 0 Å². The molecule has 1 atom stereocenters. The summed E-state index contributed by atoms with van der Waals surface area (Å²) in [5.74, 6) is 0. The van der Waals surface area contributed by atoms with Crippen LogP contribution in [0.4, 0.5) is 0 Å². The highest BCUT2D eigenvalue weighted by Gasteiger charge is 2.21. The molecule has 0 aromatic carbocycles. The van der Waals surface area contributed by atoms with Gasteiger partial charge in [-0.3, -0.25) is 8.93 Å². The Morgan fingerprint density at radius 3 is 2.91 bits per heavy atom. The van der Waals surface area contributed by atoms with Crippen LogP contribution in [0, 0.1) is 0 Å². The van der Waals surface area contributed by atoms with Crippen molar-refractivity contribution in [3.8, 4) is 0 Å². The van der Waals surface area contributed by atoms with E-state index in [0.717, 1.165) is 6.54 Å². The van der Waals surface area contributed by atoms with Crippen LogP contribution in [0.2, 0.25) is 0 Å². The lowest BCUT2D eigenvalue weighted by Crippen LogP contribution is -2.29. The molecule has 11 heavy (non-hydrogen) atoms. The second-order valence-corrected chi connectivity index (χ2v) is 4.34. The van der Waals surface area contributed by atoms with Gasteiger partial charge in [-0.25, -0.2) is 0 Å². The minimum atomic E-state index is 0.333. The van der Waals surface area contributed by atoms with Crippen LogP contribution < -0.4 is 0 Å². The zero-order chi connectivity index (χ0) is 8.27. The van der Waals surface area contributed by atoms with Gasteiger partial charge in [0.2, 0.25) is 0 Å². The molecule has 0 aliphatic carbocycles. The maximum absolute atomic E-state index is 4.22. The lowest BCUT2D eigenvalue weighted by Gasteiger charge is -2.20. The van der Waals surface area contributed by atoms with Gasteiger partial charge in [0, 0.05) is 6.54 Å². The van der Waals surface area contributed by atoms with Crippen molar-refractivity contribution in [2.24, 2.45) is 5.10 Å². The number of alkyl halides is 1. The molecule has 0 aromatic heterocycles. The smallest absolute Gasteiger partial charge is 0.181 e. The fourth-order valence-electron chi connectivity index (χ4n) is 0.837. The van der Waals surface area contributed by atoms with E-state index < -0.39 is 0 Å². The third-order valence-electron chi connectivity index (χ3n) is 1.50. The molecule has 0 spiro atoms. The van der Waals surface area contributed by atoms with Crippen LogP contribution in [0.1, 0.15) is 19.8 Å². The summed E-state index contributed by atoms with van der Waals surface area (Å²) in [4.78, 5) is 0. The van der Waals surface area contributed by atoms with Crippen molar-refractivity contribution in [3.05, 3.63) is 0 Å². The molecule has 64 valence electrons. The molecule has 0 amide bonds. The molecule has 0 N–H and O–H groups in total. The summed E-state index contributed by atoms with van der Waals surface area (Å²) in [5, 5.41) is 6.28. The van der Waals surface area contributed by atoms with Crippen molar-refractivity contribution in [2.75, 3.05) is 6.54 Å². The Morgan fingerprint density at radius 2 is 2.45 bits per heavy atom. The highest BCUT2D eigenvalue weighted by Crippen LogP contribution is 2.21. The van der Waals surface area contributed by atoms with E-state index in [1.54, 1.807) is 6.34 Å². The summed E-state index contributed by atoms with van der Waals surface area (Å²) in [6.45, 7) is 3.23. The first-order chi connectivity index (χ1) is 5.25. The average molecular weight is 332 g/mol. The van der Waals surface area contributed by atoms with Gasteiger partial charge in [-0.15, -0.1) is 0 Å². The van der Waals surface area contributed by atoms with Gasteiger partial charge in [-0.2, -0.15) is 5.10 Å². The van der Waals surface area contributed by atoms with E-state index in [1.807, 2.05) is 3.93 Å². The quantitative estimate of drug-likeness (QED) is 0.342.